The molecule has 0 aliphatic rings. The Balaban J connectivity index is 2.00. The summed E-state index contributed by atoms with van der Waals surface area (Å²) in [6.07, 6.45) is 5.41. The Morgan fingerprint density at radius 1 is 1.16 bits per heavy atom. The van der Waals surface area contributed by atoms with Crippen LogP contribution in [0.2, 0.25) is 0 Å². The summed E-state index contributed by atoms with van der Waals surface area (Å²) < 4.78 is 5.57. The lowest BCUT2D eigenvalue weighted by Gasteiger charge is -2.09. The maximum absolute atomic E-state index is 5.57. The molecule has 4 nitrogen and oxygen atoms in total. The summed E-state index contributed by atoms with van der Waals surface area (Å²) in [6.45, 7) is 3.94. The van der Waals surface area contributed by atoms with Gasteiger partial charge >= 0.3 is 0 Å². The van der Waals surface area contributed by atoms with Gasteiger partial charge in [0.1, 0.15) is 0 Å². The summed E-state index contributed by atoms with van der Waals surface area (Å²) in [6, 6.07) is 8.21. The predicted octanol–water partition coefficient (Wildman–Crippen LogP) is 3.41. The van der Waals surface area contributed by atoms with E-state index < -0.39 is 0 Å². The number of aromatic amines is 1. The van der Waals surface area contributed by atoms with Crippen molar-refractivity contribution in [2.45, 2.75) is 20.0 Å². The number of aromatic nitrogens is 3. The Kier molecular flexibility index (Phi) is 2.91. The third kappa shape index (κ3) is 2.42. The Bertz CT molecular complexity index is 703. The van der Waals surface area contributed by atoms with E-state index in [0.29, 0.717) is 5.88 Å². The number of nitrogens with zero attached hydrogens (tertiary/aromatic N) is 2. The third-order valence-corrected chi connectivity index (χ3v) is 2.82. The van der Waals surface area contributed by atoms with Gasteiger partial charge in [-0.15, -0.1) is 0 Å². The zero-order valence-corrected chi connectivity index (χ0v) is 10.9. The van der Waals surface area contributed by atoms with Crippen LogP contribution in [0.25, 0.3) is 22.2 Å². The molecule has 3 rings (SSSR count). The van der Waals surface area contributed by atoms with E-state index in [1.165, 1.54) is 0 Å². The van der Waals surface area contributed by atoms with Crippen LogP contribution in [-0.2, 0) is 0 Å². The highest BCUT2D eigenvalue weighted by atomic mass is 16.5. The fourth-order valence-electron chi connectivity index (χ4n) is 2.00. The Labute approximate surface area is 111 Å². The number of fused-ring (bicyclic) bond motifs is 1. The van der Waals surface area contributed by atoms with Gasteiger partial charge in [0, 0.05) is 22.7 Å². The second-order valence-electron chi connectivity index (χ2n) is 4.69. The van der Waals surface area contributed by atoms with Crippen molar-refractivity contribution in [3.63, 3.8) is 0 Å². The number of benzene rings is 1. The van der Waals surface area contributed by atoms with Gasteiger partial charge in [0.05, 0.1) is 24.2 Å². The highest BCUT2D eigenvalue weighted by molar-refractivity contribution is 5.84. The number of hydrogen-bond acceptors (Lipinski definition) is 3. The number of ether oxygens (including phenoxy) is 1. The van der Waals surface area contributed by atoms with Gasteiger partial charge in [0.2, 0.25) is 5.88 Å². The summed E-state index contributed by atoms with van der Waals surface area (Å²) >= 11 is 0. The van der Waals surface area contributed by atoms with Crippen molar-refractivity contribution in [3.05, 3.63) is 42.9 Å². The lowest BCUT2D eigenvalue weighted by atomic mass is 10.1. The molecule has 2 aromatic heterocycles. The Morgan fingerprint density at radius 3 is 2.89 bits per heavy atom. The molecule has 2 heterocycles. The maximum atomic E-state index is 5.57. The molecule has 0 fully saturated rings. The van der Waals surface area contributed by atoms with Crippen molar-refractivity contribution >= 4 is 10.9 Å². The van der Waals surface area contributed by atoms with Crippen LogP contribution in [0.3, 0.4) is 0 Å². The van der Waals surface area contributed by atoms with Crippen molar-refractivity contribution < 1.29 is 4.74 Å². The average Bonchev–Trinajstić information content (AvgIpc) is 2.85. The normalized spacial score (nSPS) is 11.1. The molecule has 0 unspecified atom stereocenters. The van der Waals surface area contributed by atoms with E-state index in [1.54, 1.807) is 12.4 Å². The zero-order chi connectivity index (χ0) is 13.2. The summed E-state index contributed by atoms with van der Waals surface area (Å²) in [7, 11) is 0. The first-order valence-electron chi connectivity index (χ1n) is 6.28. The van der Waals surface area contributed by atoms with Crippen LogP contribution in [0.15, 0.2) is 42.9 Å². The van der Waals surface area contributed by atoms with Crippen molar-refractivity contribution in [2.24, 2.45) is 0 Å². The molecule has 0 saturated carbocycles. The van der Waals surface area contributed by atoms with E-state index in [4.69, 9.17) is 4.74 Å². The monoisotopic (exact) mass is 253 g/mol. The van der Waals surface area contributed by atoms with Gasteiger partial charge in [-0.2, -0.15) is 0 Å². The third-order valence-electron chi connectivity index (χ3n) is 2.82. The van der Waals surface area contributed by atoms with E-state index in [1.807, 2.05) is 38.2 Å². The smallest absolute Gasteiger partial charge is 0.233 e. The molecule has 19 heavy (non-hydrogen) atoms. The minimum absolute atomic E-state index is 0.0942. The van der Waals surface area contributed by atoms with Crippen LogP contribution in [0.4, 0.5) is 0 Å². The van der Waals surface area contributed by atoms with Gasteiger partial charge in [-0.3, -0.25) is 4.98 Å². The molecule has 1 N–H and O–H groups in total. The van der Waals surface area contributed by atoms with Crippen molar-refractivity contribution in [1.29, 1.82) is 0 Å². The first-order chi connectivity index (χ1) is 9.22. The molecule has 1 aromatic carbocycles. The van der Waals surface area contributed by atoms with E-state index >= 15 is 0 Å². The molecule has 0 aliphatic carbocycles. The first-order valence-corrected chi connectivity index (χ1v) is 6.28. The van der Waals surface area contributed by atoms with Gasteiger partial charge in [-0.25, -0.2) is 4.98 Å². The van der Waals surface area contributed by atoms with E-state index in [9.17, 15) is 0 Å². The first kappa shape index (κ1) is 11.7. The minimum Gasteiger partial charge on any atom is -0.474 e. The lowest BCUT2D eigenvalue weighted by Crippen LogP contribution is -2.07. The van der Waals surface area contributed by atoms with Gasteiger partial charge < -0.3 is 9.72 Å². The minimum atomic E-state index is 0.0942. The van der Waals surface area contributed by atoms with Crippen molar-refractivity contribution in [3.8, 4) is 17.1 Å². The largest absolute Gasteiger partial charge is 0.474 e. The number of hydrogen-bond donors (Lipinski definition) is 1. The van der Waals surface area contributed by atoms with Crippen LogP contribution in [0.5, 0.6) is 5.88 Å². The molecule has 0 amide bonds. The lowest BCUT2D eigenvalue weighted by molar-refractivity contribution is 0.232. The second kappa shape index (κ2) is 4.72. The highest BCUT2D eigenvalue weighted by Gasteiger charge is 2.05. The van der Waals surface area contributed by atoms with Gasteiger partial charge in [0.25, 0.3) is 0 Å². The number of rotatable bonds is 3. The number of nitrogens with one attached hydrogen (secondary N) is 1. The molecule has 0 saturated heterocycles. The fraction of sp³-hybridized carbons (Fsp3) is 0.200. The molecule has 3 aromatic rings. The molecule has 4 heteroatoms. The van der Waals surface area contributed by atoms with E-state index in [0.717, 1.165) is 22.2 Å². The molecule has 0 spiro atoms. The summed E-state index contributed by atoms with van der Waals surface area (Å²) in [5.74, 6) is 0.557. The Morgan fingerprint density at radius 2 is 2.05 bits per heavy atom. The SMILES string of the molecule is CC(C)Oc1cncc(-c2ccc3[nH]ccc3c2)n1. The van der Waals surface area contributed by atoms with Crippen LogP contribution in [0, 0.1) is 0 Å². The van der Waals surface area contributed by atoms with Gasteiger partial charge in [-0.1, -0.05) is 6.07 Å². The van der Waals surface area contributed by atoms with E-state index in [2.05, 4.69) is 21.0 Å². The maximum Gasteiger partial charge on any atom is 0.233 e. The number of H-pyrrole nitrogens is 1. The fourth-order valence-corrected chi connectivity index (χ4v) is 2.00. The zero-order valence-electron chi connectivity index (χ0n) is 10.9. The summed E-state index contributed by atoms with van der Waals surface area (Å²) in [4.78, 5) is 11.8. The molecular formula is C15H15N3O. The van der Waals surface area contributed by atoms with Crippen molar-refractivity contribution in [1.82, 2.24) is 15.0 Å². The summed E-state index contributed by atoms with van der Waals surface area (Å²) in [5, 5.41) is 1.16. The quantitative estimate of drug-likeness (QED) is 0.778. The molecule has 0 aliphatic heterocycles. The average molecular weight is 253 g/mol. The van der Waals surface area contributed by atoms with Crippen LogP contribution in [0.1, 0.15) is 13.8 Å². The summed E-state index contributed by atoms with van der Waals surface area (Å²) in [5.41, 5.74) is 2.97. The molecule has 0 bridgehead atoms. The predicted molar refractivity (Wildman–Crippen MR) is 75.1 cm³/mol. The van der Waals surface area contributed by atoms with Crippen LogP contribution < -0.4 is 4.74 Å². The van der Waals surface area contributed by atoms with Gasteiger partial charge in [0.15, 0.2) is 0 Å². The standard InChI is InChI=1S/C15H15N3O/c1-10(2)19-15-9-16-8-14(18-15)11-3-4-13-12(7-11)5-6-17-13/h3-10,17H,1-2H3. The highest BCUT2D eigenvalue weighted by Crippen LogP contribution is 2.23. The van der Waals surface area contributed by atoms with Crippen LogP contribution in [-0.4, -0.2) is 21.1 Å². The second-order valence-corrected chi connectivity index (χ2v) is 4.69. The molecular weight excluding hydrogens is 238 g/mol. The van der Waals surface area contributed by atoms with Crippen LogP contribution >= 0.6 is 0 Å². The van der Waals surface area contributed by atoms with Crippen molar-refractivity contribution in [2.75, 3.05) is 0 Å². The molecule has 0 atom stereocenters. The molecule has 96 valence electrons. The Hall–Kier alpha value is -2.36. The molecule has 0 radical (unpaired) electrons. The van der Waals surface area contributed by atoms with Gasteiger partial charge in [-0.05, 0) is 32.0 Å². The van der Waals surface area contributed by atoms with E-state index in [-0.39, 0.29) is 6.10 Å². The topological polar surface area (TPSA) is 50.8 Å².